The third kappa shape index (κ3) is 3.20. The quantitative estimate of drug-likeness (QED) is 0.778. The van der Waals surface area contributed by atoms with E-state index in [1.165, 1.54) is 7.11 Å². The molecule has 0 aromatic heterocycles. The SMILES string of the molecule is COc1cccc(C(=O)Cc2ccc(Br)cc2)c1OC. The number of methoxy groups -OCH3 is 2. The first-order chi connectivity index (χ1) is 9.65. The van der Waals surface area contributed by atoms with Gasteiger partial charge < -0.3 is 9.47 Å². The normalized spacial score (nSPS) is 10.2. The summed E-state index contributed by atoms with van der Waals surface area (Å²) in [6.45, 7) is 0. The van der Waals surface area contributed by atoms with Crippen LogP contribution in [-0.4, -0.2) is 20.0 Å². The molecule has 0 fully saturated rings. The van der Waals surface area contributed by atoms with E-state index in [2.05, 4.69) is 15.9 Å². The van der Waals surface area contributed by atoms with Crippen LogP contribution in [0.1, 0.15) is 15.9 Å². The average Bonchev–Trinajstić information content (AvgIpc) is 2.48. The Morgan fingerprint density at radius 3 is 2.35 bits per heavy atom. The van der Waals surface area contributed by atoms with Crippen LogP contribution < -0.4 is 9.47 Å². The second-order valence-corrected chi connectivity index (χ2v) is 5.18. The average molecular weight is 335 g/mol. The topological polar surface area (TPSA) is 35.5 Å². The van der Waals surface area contributed by atoms with Gasteiger partial charge in [0.05, 0.1) is 19.8 Å². The van der Waals surface area contributed by atoms with Gasteiger partial charge in [0.2, 0.25) is 0 Å². The Kier molecular flexibility index (Phi) is 4.79. The molecule has 0 aliphatic rings. The number of benzene rings is 2. The fraction of sp³-hybridized carbons (Fsp3) is 0.188. The molecule has 0 aliphatic carbocycles. The van der Waals surface area contributed by atoms with Crippen molar-refractivity contribution in [2.45, 2.75) is 6.42 Å². The molecule has 0 N–H and O–H groups in total. The number of rotatable bonds is 5. The highest BCUT2D eigenvalue weighted by molar-refractivity contribution is 9.10. The van der Waals surface area contributed by atoms with Crippen molar-refractivity contribution in [2.75, 3.05) is 14.2 Å². The van der Waals surface area contributed by atoms with Crippen LogP contribution in [0.15, 0.2) is 46.9 Å². The molecule has 0 saturated heterocycles. The number of ether oxygens (including phenoxy) is 2. The summed E-state index contributed by atoms with van der Waals surface area (Å²) in [5, 5.41) is 0. The van der Waals surface area contributed by atoms with Gasteiger partial charge in [0, 0.05) is 10.9 Å². The minimum Gasteiger partial charge on any atom is -0.493 e. The summed E-state index contributed by atoms with van der Waals surface area (Å²) in [5.74, 6) is 1.05. The molecular formula is C16H15BrO3. The van der Waals surface area contributed by atoms with Crippen LogP contribution in [0.4, 0.5) is 0 Å². The van der Waals surface area contributed by atoms with Crippen molar-refractivity contribution in [3.8, 4) is 11.5 Å². The molecule has 0 unspecified atom stereocenters. The number of hydrogen-bond donors (Lipinski definition) is 0. The molecule has 3 nitrogen and oxygen atoms in total. The Hall–Kier alpha value is -1.81. The highest BCUT2D eigenvalue weighted by Gasteiger charge is 2.16. The zero-order chi connectivity index (χ0) is 14.5. The van der Waals surface area contributed by atoms with E-state index in [0.717, 1.165) is 10.0 Å². The van der Waals surface area contributed by atoms with Crippen LogP contribution >= 0.6 is 15.9 Å². The smallest absolute Gasteiger partial charge is 0.171 e. The van der Waals surface area contributed by atoms with E-state index in [1.807, 2.05) is 24.3 Å². The molecule has 104 valence electrons. The summed E-state index contributed by atoms with van der Waals surface area (Å²) in [6.07, 6.45) is 0.330. The largest absolute Gasteiger partial charge is 0.493 e. The van der Waals surface area contributed by atoms with Crippen LogP contribution in [-0.2, 0) is 6.42 Å². The Morgan fingerprint density at radius 2 is 1.75 bits per heavy atom. The van der Waals surface area contributed by atoms with Crippen molar-refractivity contribution in [1.29, 1.82) is 0 Å². The third-order valence-electron chi connectivity index (χ3n) is 2.98. The molecule has 20 heavy (non-hydrogen) atoms. The van der Waals surface area contributed by atoms with Gasteiger partial charge in [-0.15, -0.1) is 0 Å². The minimum absolute atomic E-state index is 0.00284. The summed E-state index contributed by atoms with van der Waals surface area (Å²) in [6, 6.07) is 13.0. The monoisotopic (exact) mass is 334 g/mol. The van der Waals surface area contributed by atoms with Gasteiger partial charge >= 0.3 is 0 Å². The maximum Gasteiger partial charge on any atom is 0.171 e. The molecule has 4 heteroatoms. The number of Topliss-reactive ketones (excluding diaryl/α,β-unsaturated/α-hetero) is 1. The summed E-state index contributed by atoms with van der Waals surface area (Å²) in [5.41, 5.74) is 1.50. The van der Waals surface area contributed by atoms with Gasteiger partial charge in [-0.25, -0.2) is 0 Å². The predicted octanol–water partition coefficient (Wildman–Crippen LogP) is 3.89. The Labute approximate surface area is 126 Å². The van der Waals surface area contributed by atoms with Crippen molar-refractivity contribution in [3.63, 3.8) is 0 Å². The molecule has 0 saturated carbocycles. The van der Waals surface area contributed by atoms with Gasteiger partial charge in [-0.3, -0.25) is 4.79 Å². The van der Waals surface area contributed by atoms with Gasteiger partial charge in [0.25, 0.3) is 0 Å². The zero-order valence-corrected chi connectivity index (χ0v) is 12.9. The second-order valence-electron chi connectivity index (χ2n) is 4.27. The van der Waals surface area contributed by atoms with Crippen molar-refractivity contribution in [3.05, 3.63) is 58.1 Å². The van der Waals surface area contributed by atoms with Crippen molar-refractivity contribution in [1.82, 2.24) is 0 Å². The summed E-state index contributed by atoms with van der Waals surface area (Å²) < 4.78 is 11.5. The summed E-state index contributed by atoms with van der Waals surface area (Å²) >= 11 is 3.38. The molecule has 2 aromatic rings. The van der Waals surface area contributed by atoms with Crippen LogP contribution in [0.25, 0.3) is 0 Å². The van der Waals surface area contributed by atoms with Crippen LogP contribution in [0.2, 0.25) is 0 Å². The number of para-hydroxylation sites is 1. The number of halogens is 1. The van der Waals surface area contributed by atoms with E-state index >= 15 is 0 Å². The number of carbonyl (C=O) groups excluding carboxylic acids is 1. The predicted molar refractivity (Wildman–Crippen MR) is 81.7 cm³/mol. The highest BCUT2D eigenvalue weighted by atomic mass is 79.9. The van der Waals surface area contributed by atoms with Gasteiger partial charge in [0.15, 0.2) is 17.3 Å². The molecule has 0 spiro atoms. The Morgan fingerprint density at radius 1 is 1.05 bits per heavy atom. The number of ketones is 1. The first-order valence-corrected chi connectivity index (χ1v) is 6.93. The highest BCUT2D eigenvalue weighted by Crippen LogP contribution is 2.31. The zero-order valence-electron chi connectivity index (χ0n) is 11.4. The Bertz CT molecular complexity index is 606. The summed E-state index contributed by atoms with van der Waals surface area (Å²) in [7, 11) is 3.09. The number of hydrogen-bond acceptors (Lipinski definition) is 3. The van der Waals surface area contributed by atoms with E-state index in [-0.39, 0.29) is 5.78 Å². The lowest BCUT2D eigenvalue weighted by molar-refractivity contribution is 0.0989. The maximum absolute atomic E-state index is 12.4. The van der Waals surface area contributed by atoms with Gasteiger partial charge in [0.1, 0.15) is 0 Å². The molecule has 0 atom stereocenters. The van der Waals surface area contributed by atoms with Crippen LogP contribution in [0.5, 0.6) is 11.5 Å². The first-order valence-electron chi connectivity index (χ1n) is 6.14. The summed E-state index contributed by atoms with van der Waals surface area (Å²) in [4.78, 5) is 12.4. The molecule has 0 bridgehead atoms. The molecule has 0 radical (unpaired) electrons. The van der Waals surface area contributed by atoms with E-state index in [1.54, 1.807) is 25.3 Å². The lowest BCUT2D eigenvalue weighted by Gasteiger charge is -2.11. The van der Waals surface area contributed by atoms with E-state index < -0.39 is 0 Å². The standard InChI is InChI=1S/C16H15BrO3/c1-19-15-5-3-4-13(16(15)20-2)14(18)10-11-6-8-12(17)9-7-11/h3-9H,10H2,1-2H3. The number of carbonyl (C=O) groups is 1. The van der Waals surface area contributed by atoms with Gasteiger partial charge in [-0.2, -0.15) is 0 Å². The van der Waals surface area contributed by atoms with E-state index in [0.29, 0.717) is 23.5 Å². The molecule has 0 aliphatic heterocycles. The molecular weight excluding hydrogens is 320 g/mol. The van der Waals surface area contributed by atoms with E-state index in [4.69, 9.17) is 9.47 Å². The van der Waals surface area contributed by atoms with Crippen LogP contribution in [0, 0.1) is 0 Å². The second kappa shape index (κ2) is 6.57. The lowest BCUT2D eigenvalue weighted by Crippen LogP contribution is -2.06. The Balaban J connectivity index is 2.27. The van der Waals surface area contributed by atoms with Gasteiger partial charge in [-0.1, -0.05) is 34.1 Å². The first kappa shape index (κ1) is 14.6. The fourth-order valence-corrected chi connectivity index (χ4v) is 2.25. The van der Waals surface area contributed by atoms with Crippen molar-refractivity contribution < 1.29 is 14.3 Å². The fourth-order valence-electron chi connectivity index (χ4n) is 1.99. The lowest BCUT2D eigenvalue weighted by atomic mass is 10.0. The van der Waals surface area contributed by atoms with E-state index in [9.17, 15) is 4.79 Å². The van der Waals surface area contributed by atoms with Crippen molar-refractivity contribution >= 4 is 21.7 Å². The van der Waals surface area contributed by atoms with Crippen LogP contribution in [0.3, 0.4) is 0 Å². The third-order valence-corrected chi connectivity index (χ3v) is 3.51. The molecule has 0 amide bonds. The molecule has 2 aromatic carbocycles. The van der Waals surface area contributed by atoms with Crippen molar-refractivity contribution in [2.24, 2.45) is 0 Å². The van der Waals surface area contributed by atoms with Gasteiger partial charge in [-0.05, 0) is 29.8 Å². The maximum atomic E-state index is 12.4. The molecule has 2 rings (SSSR count). The minimum atomic E-state index is 0.00284. The molecule has 0 heterocycles.